The van der Waals surface area contributed by atoms with Gasteiger partial charge in [0.25, 0.3) is 5.91 Å². The van der Waals surface area contributed by atoms with Crippen LogP contribution in [0.2, 0.25) is 0 Å². The van der Waals surface area contributed by atoms with Gasteiger partial charge in [-0.05, 0) is 18.2 Å². The Hall–Kier alpha value is -2.50. The van der Waals surface area contributed by atoms with E-state index in [1.54, 1.807) is 0 Å². The van der Waals surface area contributed by atoms with Gasteiger partial charge in [-0.15, -0.1) is 0 Å². The zero-order valence-corrected chi connectivity index (χ0v) is 9.55. The number of carbonyl (C=O) groups excluding carboxylic acids is 1. The topological polar surface area (TPSA) is 64.1 Å². The van der Waals surface area contributed by atoms with E-state index in [1.807, 2.05) is 0 Å². The molecule has 0 aliphatic carbocycles. The molecule has 1 N–H and O–H groups in total. The molecule has 2 rings (SSSR count). The van der Waals surface area contributed by atoms with Gasteiger partial charge in [-0.1, -0.05) is 6.07 Å². The van der Waals surface area contributed by atoms with Gasteiger partial charge in [0.05, 0.1) is 18.9 Å². The molecule has 0 aliphatic rings. The summed E-state index contributed by atoms with van der Waals surface area (Å²) in [5.74, 6) is -0.618. The third kappa shape index (κ3) is 2.60. The van der Waals surface area contributed by atoms with E-state index in [0.717, 1.165) is 0 Å². The number of nitrogens with zero attached hydrogens (tertiary/aromatic N) is 2. The predicted molar refractivity (Wildman–Crippen MR) is 62.9 cm³/mol. The highest BCUT2D eigenvalue weighted by atomic mass is 19.1. The fourth-order valence-corrected chi connectivity index (χ4v) is 1.39. The van der Waals surface area contributed by atoms with Gasteiger partial charge >= 0.3 is 0 Å². The molecule has 0 fully saturated rings. The summed E-state index contributed by atoms with van der Waals surface area (Å²) in [6.45, 7) is 0. The van der Waals surface area contributed by atoms with Crippen LogP contribution in [-0.2, 0) is 0 Å². The van der Waals surface area contributed by atoms with Crippen molar-refractivity contribution in [1.29, 1.82) is 0 Å². The highest BCUT2D eigenvalue weighted by Gasteiger charge is 2.12. The second-order valence-electron chi connectivity index (χ2n) is 3.38. The SMILES string of the molecule is COc1cnccc1C(=O)Nc1cccc(F)n1. The van der Waals surface area contributed by atoms with E-state index in [4.69, 9.17) is 4.74 Å². The summed E-state index contributed by atoms with van der Waals surface area (Å²) < 4.78 is 17.9. The van der Waals surface area contributed by atoms with Gasteiger partial charge in [0.15, 0.2) is 0 Å². The summed E-state index contributed by atoms with van der Waals surface area (Å²) in [4.78, 5) is 19.3. The molecule has 2 aromatic heterocycles. The Labute approximate surface area is 103 Å². The van der Waals surface area contributed by atoms with E-state index in [1.165, 1.54) is 43.8 Å². The van der Waals surface area contributed by atoms with Crippen LogP contribution in [0.25, 0.3) is 0 Å². The third-order valence-electron chi connectivity index (χ3n) is 2.21. The van der Waals surface area contributed by atoms with Crippen LogP contribution >= 0.6 is 0 Å². The molecule has 0 saturated carbocycles. The monoisotopic (exact) mass is 247 g/mol. The lowest BCUT2D eigenvalue weighted by Crippen LogP contribution is -2.14. The quantitative estimate of drug-likeness (QED) is 0.841. The molecule has 0 aromatic carbocycles. The Morgan fingerprint density at radius 3 is 2.94 bits per heavy atom. The molecule has 0 atom stereocenters. The van der Waals surface area contributed by atoms with Crippen molar-refractivity contribution in [1.82, 2.24) is 9.97 Å². The van der Waals surface area contributed by atoms with E-state index in [0.29, 0.717) is 11.3 Å². The number of hydrogen-bond acceptors (Lipinski definition) is 4. The van der Waals surface area contributed by atoms with Crippen LogP contribution < -0.4 is 10.1 Å². The molecule has 0 saturated heterocycles. The lowest BCUT2D eigenvalue weighted by Gasteiger charge is -2.07. The lowest BCUT2D eigenvalue weighted by molar-refractivity contribution is 0.102. The standard InChI is InChI=1S/C12H10FN3O2/c1-18-9-7-14-6-5-8(9)12(17)16-11-4-2-3-10(13)15-11/h2-7H,1H3,(H,15,16,17). The lowest BCUT2D eigenvalue weighted by atomic mass is 10.2. The van der Waals surface area contributed by atoms with Crippen LogP contribution in [0, 0.1) is 5.95 Å². The summed E-state index contributed by atoms with van der Waals surface area (Å²) in [6, 6.07) is 5.66. The summed E-state index contributed by atoms with van der Waals surface area (Å²) in [5.41, 5.74) is 0.304. The van der Waals surface area contributed by atoms with Crippen molar-refractivity contribution in [2.75, 3.05) is 12.4 Å². The average Bonchev–Trinajstić information content (AvgIpc) is 2.38. The minimum atomic E-state index is -0.658. The molecule has 6 heteroatoms. The van der Waals surface area contributed by atoms with Crippen molar-refractivity contribution >= 4 is 11.7 Å². The second-order valence-corrected chi connectivity index (χ2v) is 3.38. The Morgan fingerprint density at radius 1 is 1.39 bits per heavy atom. The van der Waals surface area contributed by atoms with Crippen LogP contribution in [0.1, 0.15) is 10.4 Å². The molecule has 2 heterocycles. The smallest absolute Gasteiger partial charge is 0.260 e. The Bertz CT molecular complexity index is 575. The van der Waals surface area contributed by atoms with Crippen molar-refractivity contribution in [2.45, 2.75) is 0 Å². The molecular weight excluding hydrogens is 237 g/mol. The van der Waals surface area contributed by atoms with Gasteiger partial charge in [0.2, 0.25) is 5.95 Å². The van der Waals surface area contributed by atoms with Crippen molar-refractivity contribution < 1.29 is 13.9 Å². The van der Waals surface area contributed by atoms with Crippen molar-refractivity contribution in [2.24, 2.45) is 0 Å². The van der Waals surface area contributed by atoms with Gasteiger partial charge < -0.3 is 10.1 Å². The number of aromatic nitrogens is 2. The Kier molecular flexibility index (Phi) is 3.47. The van der Waals surface area contributed by atoms with Crippen LogP contribution in [-0.4, -0.2) is 23.0 Å². The molecule has 0 radical (unpaired) electrons. The molecule has 18 heavy (non-hydrogen) atoms. The molecule has 0 aliphatic heterocycles. The Balaban J connectivity index is 2.22. The first-order chi connectivity index (χ1) is 8.70. The van der Waals surface area contributed by atoms with E-state index >= 15 is 0 Å². The number of ether oxygens (including phenoxy) is 1. The molecule has 1 amide bonds. The first-order valence-corrected chi connectivity index (χ1v) is 5.12. The second kappa shape index (κ2) is 5.22. The highest BCUT2D eigenvalue weighted by Crippen LogP contribution is 2.17. The number of carbonyl (C=O) groups is 1. The minimum Gasteiger partial charge on any atom is -0.494 e. The molecule has 0 spiro atoms. The first-order valence-electron chi connectivity index (χ1n) is 5.12. The van der Waals surface area contributed by atoms with Crippen LogP contribution in [0.4, 0.5) is 10.2 Å². The fraction of sp³-hybridized carbons (Fsp3) is 0.0833. The molecule has 2 aromatic rings. The van der Waals surface area contributed by atoms with Crippen molar-refractivity contribution in [3.05, 3.63) is 48.2 Å². The van der Waals surface area contributed by atoms with Gasteiger partial charge in [-0.25, -0.2) is 4.98 Å². The maximum absolute atomic E-state index is 12.9. The van der Waals surface area contributed by atoms with Gasteiger partial charge in [-0.3, -0.25) is 9.78 Å². The summed E-state index contributed by atoms with van der Waals surface area (Å²) in [5, 5.41) is 2.48. The number of pyridine rings is 2. The maximum Gasteiger partial charge on any atom is 0.260 e. The van der Waals surface area contributed by atoms with Crippen LogP contribution in [0.3, 0.4) is 0 Å². The van der Waals surface area contributed by atoms with Crippen molar-refractivity contribution in [3.8, 4) is 5.75 Å². The number of nitrogens with one attached hydrogen (secondary N) is 1. The molecule has 0 unspecified atom stereocenters. The molecule has 0 bridgehead atoms. The zero-order chi connectivity index (χ0) is 13.0. The van der Waals surface area contributed by atoms with E-state index < -0.39 is 11.9 Å². The summed E-state index contributed by atoms with van der Waals surface area (Å²) in [7, 11) is 1.44. The minimum absolute atomic E-state index is 0.138. The van der Waals surface area contributed by atoms with E-state index in [-0.39, 0.29) is 5.82 Å². The maximum atomic E-state index is 12.9. The largest absolute Gasteiger partial charge is 0.494 e. The van der Waals surface area contributed by atoms with E-state index in [9.17, 15) is 9.18 Å². The van der Waals surface area contributed by atoms with Crippen molar-refractivity contribution in [3.63, 3.8) is 0 Å². The number of anilines is 1. The number of rotatable bonds is 3. The highest BCUT2D eigenvalue weighted by molar-refractivity contribution is 6.05. The molecule has 92 valence electrons. The summed E-state index contributed by atoms with van der Waals surface area (Å²) in [6.07, 6.45) is 2.89. The predicted octanol–water partition coefficient (Wildman–Crippen LogP) is 1.88. The fourth-order valence-electron chi connectivity index (χ4n) is 1.39. The van der Waals surface area contributed by atoms with Gasteiger partial charge in [0, 0.05) is 6.20 Å². The van der Waals surface area contributed by atoms with Crippen LogP contribution in [0.5, 0.6) is 5.75 Å². The third-order valence-corrected chi connectivity index (χ3v) is 2.21. The zero-order valence-electron chi connectivity index (χ0n) is 9.55. The van der Waals surface area contributed by atoms with Gasteiger partial charge in [-0.2, -0.15) is 4.39 Å². The number of methoxy groups -OCH3 is 1. The average molecular weight is 247 g/mol. The normalized spacial score (nSPS) is 9.89. The molecular formula is C12H10FN3O2. The first kappa shape index (κ1) is 12.0. The summed E-state index contributed by atoms with van der Waals surface area (Å²) >= 11 is 0. The number of amides is 1. The van der Waals surface area contributed by atoms with E-state index in [2.05, 4.69) is 15.3 Å². The van der Waals surface area contributed by atoms with Gasteiger partial charge in [0.1, 0.15) is 11.6 Å². The number of hydrogen-bond donors (Lipinski definition) is 1. The Morgan fingerprint density at radius 2 is 2.22 bits per heavy atom. The van der Waals surface area contributed by atoms with Crippen LogP contribution in [0.15, 0.2) is 36.7 Å². The molecule has 5 nitrogen and oxygen atoms in total. The number of halogens is 1.